The number of nitrogens with zero attached hydrogens (tertiary/aromatic N) is 1. The number of hydrogen-bond donors (Lipinski definition) is 2. The van der Waals surface area contributed by atoms with Crippen LogP contribution in [0.4, 0.5) is 0 Å². The molecule has 0 saturated carbocycles. The molecule has 0 fully saturated rings. The molecule has 0 aliphatic heterocycles. The fourth-order valence-corrected chi connectivity index (χ4v) is 2.13. The minimum absolute atomic E-state index is 0.0582. The average molecular weight is 287 g/mol. The molecule has 1 aromatic carbocycles. The maximum Gasteiger partial charge on any atom is 0.256 e. The van der Waals surface area contributed by atoms with Crippen LogP contribution in [0.2, 0.25) is 0 Å². The van der Waals surface area contributed by atoms with Crippen molar-refractivity contribution < 1.29 is 9.59 Å². The topological polar surface area (TPSA) is 65.2 Å². The van der Waals surface area contributed by atoms with E-state index >= 15 is 0 Å². The van der Waals surface area contributed by atoms with Gasteiger partial charge in [-0.25, -0.2) is 0 Å². The molecule has 0 bridgehead atoms. The molecule has 0 aliphatic rings. The Balaban J connectivity index is 2.05. The van der Waals surface area contributed by atoms with Crippen LogP contribution in [0.1, 0.15) is 24.2 Å². The molecule has 1 aromatic heterocycles. The number of rotatable bonds is 5. The summed E-state index contributed by atoms with van der Waals surface area (Å²) in [7, 11) is 1.64. The molecular weight excluding hydrogens is 266 g/mol. The molecule has 0 spiro atoms. The van der Waals surface area contributed by atoms with Gasteiger partial charge < -0.3 is 15.2 Å². The molecule has 2 N–H and O–H groups in total. The lowest BCUT2D eigenvalue weighted by Gasteiger charge is -2.17. The van der Waals surface area contributed by atoms with Crippen LogP contribution in [0.3, 0.4) is 0 Å². The fourth-order valence-electron chi connectivity index (χ4n) is 2.13. The van der Waals surface area contributed by atoms with Gasteiger partial charge in [0, 0.05) is 25.2 Å². The molecule has 0 saturated heterocycles. The number of nitrogens with one attached hydrogen (secondary N) is 2. The molecule has 5 heteroatoms. The molecule has 0 radical (unpaired) electrons. The second kappa shape index (κ2) is 6.43. The van der Waals surface area contributed by atoms with Gasteiger partial charge in [0.2, 0.25) is 5.91 Å². The third-order valence-corrected chi connectivity index (χ3v) is 3.25. The van der Waals surface area contributed by atoms with Gasteiger partial charge in [-0.15, -0.1) is 0 Å². The van der Waals surface area contributed by atoms with Crippen LogP contribution < -0.4 is 5.32 Å². The Bertz CT molecular complexity index is 646. The highest BCUT2D eigenvalue weighted by molar-refractivity contribution is 6.06. The summed E-state index contributed by atoms with van der Waals surface area (Å²) in [6.45, 7) is 4.73. The SMILES string of the molecule is CC(C)CNC(=O)CN(C)C(=O)c1cccc2cc[nH]c12. The van der Waals surface area contributed by atoms with Crippen LogP contribution in [0.5, 0.6) is 0 Å². The molecule has 2 rings (SSSR count). The number of aromatic nitrogens is 1. The monoisotopic (exact) mass is 287 g/mol. The first-order valence-corrected chi connectivity index (χ1v) is 7.07. The Kier molecular flexibility index (Phi) is 4.62. The molecule has 0 atom stereocenters. The summed E-state index contributed by atoms with van der Waals surface area (Å²) in [5.74, 6) is 0.0867. The van der Waals surface area contributed by atoms with Crippen LogP contribution in [0.15, 0.2) is 30.5 Å². The minimum atomic E-state index is -0.164. The Morgan fingerprint density at radius 2 is 2.05 bits per heavy atom. The molecular formula is C16H21N3O2. The van der Waals surface area contributed by atoms with E-state index in [-0.39, 0.29) is 18.4 Å². The van der Waals surface area contributed by atoms with Crippen molar-refractivity contribution in [2.75, 3.05) is 20.1 Å². The van der Waals surface area contributed by atoms with Gasteiger partial charge in [-0.05, 0) is 18.1 Å². The highest BCUT2D eigenvalue weighted by atomic mass is 16.2. The molecule has 112 valence electrons. The van der Waals surface area contributed by atoms with Crippen LogP contribution in [0.25, 0.3) is 10.9 Å². The quantitative estimate of drug-likeness (QED) is 0.883. The van der Waals surface area contributed by atoms with Gasteiger partial charge in [0.05, 0.1) is 17.6 Å². The third kappa shape index (κ3) is 3.62. The Hall–Kier alpha value is -2.30. The molecule has 0 unspecified atom stereocenters. The summed E-state index contributed by atoms with van der Waals surface area (Å²) < 4.78 is 0. The van der Waals surface area contributed by atoms with E-state index in [1.165, 1.54) is 4.90 Å². The van der Waals surface area contributed by atoms with Gasteiger partial charge in [0.15, 0.2) is 0 Å². The number of para-hydroxylation sites is 1. The van der Waals surface area contributed by atoms with Crippen LogP contribution in [-0.2, 0) is 4.79 Å². The van der Waals surface area contributed by atoms with Crippen molar-refractivity contribution in [1.29, 1.82) is 0 Å². The van der Waals surface area contributed by atoms with Gasteiger partial charge in [-0.1, -0.05) is 26.0 Å². The largest absolute Gasteiger partial charge is 0.361 e. The number of amides is 2. The summed E-state index contributed by atoms with van der Waals surface area (Å²) in [4.78, 5) is 28.8. The number of fused-ring (bicyclic) bond motifs is 1. The first kappa shape index (κ1) is 15.1. The summed E-state index contributed by atoms with van der Waals surface area (Å²) in [5.41, 5.74) is 1.38. The first-order valence-electron chi connectivity index (χ1n) is 7.07. The van der Waals surface area contributed by atoms with Crippen molar-refractivity contribution in [3.8, 4) is 0 Å². The summed E-state index contributed by atoms with van der Waals surface area (Å²) in [6.07, 6.45) is 1.80. The minimum Gasteiger partial charge on any atom is -0.361 e. The van der Waals surface area contributed by atoms with E-state index < -0.39 is 0 Å². The summed E-state index contributed by atoms with van der Waals surface area (Å²) >= 11 is 0. The molecule has 0 aliphatic carbocycles. The predicted octanol–water partition coefficient (Wildman–Crippen LogP) is 2.01. The number of likely N-dealkylation sites (N-methyl/N-ethyl adjacent to an activating group) is 1. The van der Waals surface area contributed by atoms with Crippen molar-refractivity contribution in [3.05, 3.63) is 36.0 Å². The lowest BCUT2D eigenvalue weighted by atomic mass is 10.1. The van der Waals surface area contributed by atoms with Gasteiger partial charge in [-0.3, -0.25) is 9.59 Å². The normalized spacial score (nSPS) is 10.9. The van der Waals surface area contributed by atoms with Crippen molar-refractivity contribution in [3.63, 3.8) is 0 Å². The number of hydrogen-bond acceptors (Lipinski definition) is 2. The number of carbonyl (C=O) groups excluding carboxylic acids is 2. The highest BCUT2D eigenvalue weighted by Gasteiger charge is 2.17. The van der Waals surface area contributed by atoms with Crippen molar-refractivity contribution in [2.24, 2.45) is 5.92 Å². The number of aromatic amines is 1. The van der Waals surface area contributed by atoms with E-state index in [2.05, 4.69) is 10.3 Å². The molecule has 2 aromatic rings. The second-order valence-corrected chi connectivity index (χ2v) is 5.61. The number of benzene rings is 1. The van der Waals surface area contributed by atoms with Crippen molar-refractivity contribution in [1.82, 2.24) is 15.2 Å². The van der Waals surface area contributed by atoms with Gasteiger partial charge in [0.1, 0.15) is 0 Å². The van der Waals surface area contributed by atoms with Crippen LogP contribution in [-0.4, -0.2) is 41.8 Å². The summed E-state index contributed by atoms with van der Waals surface area (Å²) in [5, 5.41) is 3.80. The average Bonchev–Trinajstić information content (AvgIpc) is 2.92. The van der Waals surface area contributed by atoms with Crippen molar-refractivity contribution >= 4 is 22.7 Å². The lowest BCUT2D eigenvalue weighted by Crippen LogP contribution is -2.39. The Morgan fingerprint density at radius 1 is 1.29 bits per heavy atom. The Labute approximate surface area is 124 Å². The second-order valence-electron chi connectivity index (χ2n) is 5.61. The van der Waals surface area contributed by atoms with E-state index in [0.717, 1.165) is 10.9 Å². The molecule has 5 nitrogen and oxygen atoms in total. The lowest BCUT2D eigenvalue weighted by molar-refractivity contribution is -0.121. The molecule has 1 heterocycles. The van der Waals surface area contributed by atoms with E-state index in [1.54, 1.807) is 19.3 Å². The number of carbonyl (C=O) groups is 2. The van der Waals surface area contributed by atoms with Gasteiger partial charge in [0.25, 0.3) is 5.91 Å². The van der Waals surface area contributed by atoms with Gasteiger partial charge in [-0.2, -0.15) is 0 Å². The Morgan fingerprint density at radius 3 is 2.76 bits per heavy atom. The molecule has 2 amide bonds. The van der Waals surface area contributed by atoms with E-state index in [9.17, 15) is 9.59 Å². The number of H-pyrrole nitrogens is 1. The van der Waals surface area contributed by atoms with Gasteiger partial charge >= 0.3 is 0 Å². The van der Waals surface area contributed by atoms with Crippen LogP contribution >= 0.6 is 0 Å². The summed E-state index contributed by atoms with van der Waals surface area (Å²) in [6, 6.07) is 7.47. The highest BCUT2D eigenvalue weighted by Crippen LogP contribution is 2.18. The zero-order chi connectivity index (χ0) is 15.4. The third-order valence-electron chi connectivity index (χ3n) is 3.25. The van der Waals surface area contributed by atoms with Crippen LogP contribution in [0, 0.1) is 5.92 Å². The van der Waals surface area contributed by atoms with E-state index in [1.807, 2.05) is 32.0 Å². The maximum absolute atomic E-state index is 12.5. The molecule has 21 heavy (non-hydrogen) atoms. The first-order chi connectivity index (χ1) is 9.99. The smallest absolute Gasteiger partial charge is 0.256 e. The zero-order valence-corrected chi connectivity index (χ0v) is 12.6. The zero-order valence-electron chi connectivity index (χ0n) is 12.6. The van der Waals surface area contributed by atoms with Crippen molar-refractivity contribution in [2.45, 2.75) is 13.8 Å². The van der Waals surface area contributed by atoms with E-state index in [0.29, 0.717) is 18.0 Å². The fraction of sp³-hybridized carbons (Fsp3) is 0.375. The predicted molar refractivity (Wildman–Crippen MR) is 83.1 cm³/mol. The maximum atomic E-state index is 12.5. The standard InChI is InChI=1S/C16H21N3O2/c1-11(2)9-18-14(20)10-19(3)16(21)13-6-4-5-12-7-8-17-15(12)13/h4-8,11,17H,9-10H2,1-3H3,(H,18,20). The van der Waals surface area contributed by atoms with E-state index in [4.69, 9.17) is 0 Å².